The minimum absolute atomic E-state index is 0.0629. The van der Waals surface area contributed by atoms with Gasteiger partial charge in [0.25, 0.3) is 5.91 Å². The van der Waals surface area contributed by atoms with Crippen molar-refractivity contribution in [1.82, 2.24) is 19.7 Å². The van der Waals surface area contributed by atoms with E-state index in [0.29, 0.717) is 5.56 Å². The van der Waals surface area contributed by atoms with Crippen LogP contribution in [0.4, 0.5) is 4.39 Å². The molecular weight excluding hydrogens is 459 g/mol. The number of pyridine rings is 1. The number of halogens is 2. The van der Waals surface area contributed by atoms with Gasteiger partial charge in [0, 0.05) is 30.2 Å². The zero-order chi connectivity index (χ0) is 24.1. The standard InChI is InChI=1S/C25H20ClFN4O3/c1-34-25(33)21-10-11-28-14-22(21)24(32)30(15-17-7-8-18(27)13-23(17)26)16-20-9-12-29-31(20)19-5-3-2-4-6-19/h2-14H,15-16H2,1H3. The van der Waals surface area contributed by atoms with Gasteiger partial charge in [0.15, 0.2) is 0 Å². The van der Waals surface area contributed by atoms with E-state index < -0.39 is 17.7 Å². The van der Waals surface area contributed by atoms with Gasteiger partial charge >= 0.3 is 5.97 Å². The van der Waals surface area contributed by atoms with Crippen LogP contribution in [0.15, 0.2) is 79.3 Å². The van der Waals surface area contributed by atoms with Crippen molar-refractivity contribution in [3.8, 4) is 5.69 Å². The number of carbonyl (C=O) groups is 2. The Morgan fingerprint density at radius 1 is 1.03 bits per heavy atom. The average molecular weight is 479 g/mol. The fourth-order valence-electron chi connectivity index (χ4n) is 3.53. The van der Waals surface area contributed by atoms with Crippen molar-refractivity contribution in [3.63, 3.8) is 0 Å². The van der Waals surface area contributed by atoms with Crippen molar-refractivity contribution in [2.24, 2.45) is 0 Å². The van der Waals surface area contributed by atoms with Crippen molar-refractivity contribution in [2.45, 2.75) is 13.1 Å². The third-order valence-corrected chi connectivity index (χ3v) is 5.55. The maximum absolute atomic E-state index is 13.7. The molecule has 0 aliphatic carbocycles. The number of amides is 1. The molecule has 0 fully saturated rings. The number of carbonyl (C=O) groups excluding carboxylic acids is 2. The quantitative estimate of drug-likeness (QED) is 0.360. The summed E-state index contributed by atoms with van der Waals surface area (Å²) in [6, 6.07) is 16.7. The molecule has 0 saturated carbocycles. The van der Waals surface area contributed by atoms with Crippen LogP contribution in [0.25, 0.3) is 5.69 Å². The fourth-order valence-corrected chi connectivity index (χ4v) is 3.75. The summed E-state index contributed by atoms with van der Waals surface area (Å²) in [7, 11) is 1.24. The molecule has 0 unspecified atom stereocenters. The molecule has 9 heteroatoms. The Morgan fingerprint density at radius 2 is 1.82 bits per heavy atom. The van der Waals surface area contributed by atoms with Crippen LogP contribution in [-0.2, 0) is 17.8 Å². The van der Waals surface area contributed by atoms with Crippen molar-refractivity contribution < 1.29 is 18.7 Å². The first-order valence-corrected chi connectivity index (χ1v) is 10.7. The molecule has 0 saturated heterocycles. The first-order chi connectivity index (χ1) is 16.5. The molecule has 4 aromatic rings. The van der Waals surface area contributed by atoms with E-state index in [1.54, 1.807) is 16.9 Å². The highest BCUT2D eigenvalue weighted by molar-refractivity contribution is 6.31. The molecule has 0 radical (unpaired) electrons. The summed E-state index contributed by atoms with van der Waals surface area (Å²) in [4.78, 5) is 31.5. The Bertz CT molecular complexity index is 1330. The van der Waals surface area contributed by atoms with E-state index in [0.717, 1.165) is 11.4 Å². The second-order valence-corrected chi connectivity index (χ2v) is 7.79. The summed E-state index contributed by atoms with van der Waals surface area (Å²) in [6.45, 7) is 0.199. The summed E-state index contributed by atoms with van der Waals surface area (Å²) in [5, 5.41) is 4.57. The number of ether oxygens (including phenoxy) is 1. The van der Waals surface area contributed by atoms with Crippen LogP contribution in [0, 0.1) is 5.82 Å². The Morgan fingerprint density at radius 3 is 2.56 bits per heavy atom. The first kappa shape index (κ1) is 23.1. The van der Waals surface area contributed by atoms with Crippen LogP contribution in [0.2, 0.25) is 5.02 Å². The van der Waals surface area contributed by atoms with Crippen molar-refractivity contribution in [3.05, 3.63) is 112 Å². The third kappa shape index (κ3) is 4.97. The van der Waals surface area contributed by atoms with Crippen LogP contribution >= 0.6 is 11.6 Å². The van der Waals surface area contributed by atoms with Gasteiger partial charge in [-0.05, 0) is 42.0 Å². The Balaban J connectivity index is 1.74. The van der Waals surface area contributed by atoms with Crippen LogP contribution in [0.1, 0.15) is 32.0 Å². The maximum atomic E-state index is 13.7. The summed E-state index contributed by atoms with van der Waals surface area (Å²) < 4.78 is 20.1. The number of methoxy groups -OCH3 is 1. The molecule has 0 atom stereocenters. The Kier molecular flexibility index (Phi) is 6.98. The lowest BCUT2D eigenvalue weighted by Gasteiger charge is -2.24. The highest BCUT2D eigenvalue weighted by atomic mass is 35.5. The molecule has 7 nitrogen and oxygen atoms in total. The molecule has 0 bridgehead atoms. The van der Waals surface area contributed by atoms with Gasteiger partial charge in [-0.2, -0.15) is 5.10 Å². The van der Waals surface area contributed by atoms with Gasteiger partial charge in [0.2, 0.25) is 0 Å². The number of nitrogens with zero attached hydrogens (tertiary/aromatic N) is 4. The van der Waals surface area contributed by atoms with E-state index in [9.17, 15) is 14.0 Å². The molecular formula is C25H20ClFN4O3. The van der Waals surface area contributed by atoms with Crippen LogP contribution in [-0.4, -0.2) is 38.7 Å². The minimum Gasteiger partial charge on any atom is -0.465 e. The largest absolute Gasteiger partial charge is 0.465 e. The summed E-state index contributed by atoms with van der Waals surface area (Å²) in [6.07, 6.45) is 4.37. The summed E-state index contributed by atoms with van der Waals surface area (Å²) >= 11 is 6.26. The number of rotatable bonds is 7. The predicted molar refractivity (Wildman–Crippen MR) is 124 cm³/mol. The van der Waals surface area contributed by atoms with Crippen LogP contribution in [0.3, 0.4) is 0 Å². The molecule has 34 heavy (non-hydrogen) atoms. The molecule has 2 heterocycles. The van der Waals surface area contributed by atoms with E-state index in [-0.39, 0.29) is 29.2 Å². The van der Waals surface area contributed by atoms with Crippen LogP contribution < -0.4 is 0 Å². The molecule has 0 spiro atoms. The zero-order valence-corrected chi connectivity index (χ0v) is 18.9. The lowest BCUT2D eigenvalue weighted by Crippen LogP contribution is -2.32. The highest BCUT2D eigenvalue weighted by Gasteiger charge is 2.25. The lowest BCUT2D eigenvalue weighted by atomic mass is 10.1. The molecule has 4 rings (SSSR count). The number of hydrogen-bond donors (Lipinski definition) is 0. The third-order valence-electron chi connectivity index (χ3n) is 5.20. The molecule has 0 aliphatic rings. The van der Waals surface area contributed by atoms with Gasteiger partial charge in [-0.15, -0.1) is 0 Å². The maximum Gasteiger partial charge on any atom is 0.338 e. The smallest absolute Gasteiger partial charge is 0.338 e. The van der Waals surface area contributed by atoms with E-state index in [1.165, 1.54) is 48.7 Å². The molecule has 2 aromatic carbocycles. The van der Waals surface area contributed by atoms with E-state index in [4.69, 9.17) is 16.3 Å². The lowest BCUT2D eigenvalue weighted by molar-refractivity contribution is 0.0587. The summed E-state index contributed by atoms with van der Waals surface area (Å²) in [5.41, 5.74) is 2.27. The van der Waals surface area contributed by atoms with E-state index in [2.05, 4.69) is 10.1 Å². The van der Waals surface area contributed by atoms with Gasteiger partial charge in [-0.25, -0.2) is 13.9 Å². The van der Waals surface area contributed by atoms with Crippen molar-refractivity contribution >= 4 is 23.5 Å². The zero-order valence-electron chi connectivity index (χ0n) is 18.2. The Labute approximate surface area is 200 Å². The molecule has 2 aromatic heterocycles. The molecule has 0 N–H and O–H groups in total. The first-order valence-electron chi connectivity index (χ1n) is 10.3. The van der Waals surface area contributed by atoms with E-state index in [1.807, 2.05) is 30.3 Å². The average Bonchev–Trinajstić information content (AvgIpc) is 3.33. The SMILES string of the molecule is COC(=O)c1ccncc1C(=O)N(Cc1ccc(F)cc1Cl)Cc1ccnn1-c1ccccc1. The number of hydrogen-bond acceptors (Lipinski definition) is 5. The molecule has 1 amide bonds. The topological polar surface area (TPSA) is 77.3 Å². The monoisotopic (exact) mass is 478 g/mol. The number of benzene rings is 2. The number of esters is 1. The van der Waals surface area contributed by atoms with Gasteiger partial charge < -0.3 is 9.64 Å². The van der Waals surface area contributed by atoms with Crippen molar-refractivity contribution in [2.75, 3.05) is 7.11 Å². The van der Waals surface area contributed by atoms with Gasteiger partial charge in [0.05, 0.1) is 36.2 Å². The second kappa shape index (κ2) is 10.3. The van der Waals surface area contributed by atoms with Gasteiger partial charge in [0.1, 0.15) is 5.82 Å². The van der Waals surface area contributed by atoms with E-state index >= 15 is 0 Å². The number of para-hydroxylation sites is 1. The Hall–Kier alpha value is -4.04. The highest BCUT2D eigenvalue weighted by Crippen LogP contribution is 2.23. The number of aromatic nitrogens is 3. The normalized spacial score (nSPS) is 10.7. The molecule has 0 aliphatic heterocycles. The van der Waals surface area contributed by atoms with Gasteiger partial charge in [-0.1, -0.05) is 35.9 Å². The van der Waals surface area contributed by atoms with Gasteiger partial charge in [-0.3, -0.25) is 9.78 Å². The van der Waals surface area contributed by atoms with Crippen molar-refractivity contribution in [1.29, 1.82) is 0 Å². The minimum atomic E-state index is -0.653. The second-order valence-electron chi connectivity index (χ2n) is 7.38. The molecule has 172 valence electrons. The van der Waals surface area contributed by atoms with Crippen LogP contribution in [0.5, 0.6) is 0 Å². The summed E-state index contributed by atoms with van der Waals surface area (Å²) in [5.74, 6) is -1.59. The predicted octanol–water partition coefficient (Wildman–Crippen LogP) is 4.69. The fraction of sp³-hybridized carbons (Fsp3) is 0.120.